The highest BCUT2D eigenvalue weighted by Crippen LogP contribution is 2.20. The Kier molecular flexibility index (Phi) is 4.58. The zero-order valence-corrected chi connectivity index (χ0v) is 14.3. The number of aliphatic hydroxyl groups is 1. The van der Waals surface area contributed by atoms with Gasteiger partial charge in [-0.25, -0.2) is 8.42 Å². The van der Waals surface area contributed by atoms with Crippen LogP contribution < -0.4 is 5.73 Å². The number of aliphatic hydroxyl groups excluding tert-OH is 1. The summed E-state index contributed by atoms with van der Waals surface area (Å²) in [6.07, 6.45) is -0.0870. The highest BCUT2D eigenvalue weighted by molar-refractivity contribution is 7.90. The van der Waals surface area contributed by atoms with Crippen LogP contribution in [0.25, 0.3) is 0 Å². The van der Waals surface area contributed by atoms with E-state index in [4.69, 9.17) is 10.3 Å². The monoisotopic (exact) mass is 370 g/mol. The summed E-state index contributed by atoms with van der Waals surface area (Å²) in [6.45, 7) is 2.10. The van der Waals surface area contributed by atoms with Gasteiger partial charge in [0, 0.05) is 19.3 Å². The molecule has 3 N–H and O–H groups in total. The minimum Gasteiger partial charge on any atom is -0.386 e. The molecule has 1 aliphatic heterocycles. The summed E-state index contributed by atoms with van der Waals surface area (Å²) in [4.78, 5) is 16.9. The molecule has 25 heavy (non-hydrogen) atoms. The lowest BCUT2D eigenvalue weighted by molar-refractivity contribution is 0.0958. The number of nitrogens with two attached hydrogens (primary N) is 1. The summed E-state index contributed by atoms with van der Waals surface area (Å²) in [5.41, 5.74) is 6.24. The molecule has 12 heteroatoms. The molecule has 2 aromatic heterocycles. The van der Waals surface area contributed by atoms with Gasteiger partial charge in [-0.05, 0) is 6.07 Å². The van der Waals surface area contributed by atoms with Gasteiger partial charge in [0.25, 0.3) is 0 Å². The van der Waals surface area contributed by atoms with Crippen LogP contribution in [0.5, 0.6) is 0 Å². The molecule has 11 nitrogen and oxygen atoms in total. The summed E-state index contributed by atoms with van der Waals surface area (Å²) in [6, 6.07) is 1.69. The molecule has 1 atom stereocenters. The maximum Gasteiger partial charge on any atom is 0.315 e. The minimum atomic E-state index is -3.30. The van der Waals surface area contributed by atoms with Crippen molar-refractivity contribution in [3.8, 4) is 0 Å². The van der Waals surface area contributed by atoms with Gasteiger partial charge in [0.15, 0.2) is 5.82 Å². The molecule has 0 fully saturated rings. The standard InChI is InChI=1S/C13H18N6O5S/c1-25(22,23)7-10(20)9-4-8-5-18(2-3-19(8)16-9)6-11-15-13(12(14)21)24-17-11/h4,10,20H,2-3,5-7H2,1H3,(H2,14,21). The van der Waals surface area contributed by atoms with Crippen molar-refractivity contribution >= 4 is 15.7 Å². The van der Waals surface area contributed by atoms with Crippen LogP contribution in [-0.2, 0) is 29.5 Å². The Labute approximate surface area is 143 Å². The first kappa shape index (κ1) is 17.5. The van der Waals surface area contributed by atoms with E-state index in [9.17, 15) is 18.3 Å². The highest BCUT2D eigenvalue weighted by atomic mass is 32.2. The molecule has 1 aliphatic rings. The Morgan fingerprint density at radius 3 is 2.88 bits per heavy atom. The molecule has 0 radical (unpaired) electrons. The lowest BCUT2D eigenvalue weighted by Crippen LogP contribution is -2.33. The highest BCUT2D eigenvalue weighted by Gasteiger charge is 2.24. The van der Waals surface area contributed by atoms with Crippen LogP contribution in [0.1, 0.15) is 34.0 Å². The molecule has 3 rings (SSSR count). The number of carbonyl (C=O) groups excluding carboxylic acids is 1. The predicted molar refractivity (Wildman–Crippen MR) is 83.8 cm³/mol. The fraction of sp³-hybridized carbons (Fsp3) is 0.538. The molecule has 0 aromatic carbocycles. The SMILES string of the molecule is CS(=O)(=O)CC(O)c1cc2n(n1)CCN(Cc1noc(C(N)=O)n1)C2. The van der Waals surface area contributed by atoms with Gasteiger partial charge in [-0.1, -0.05) is 5.16 Å². The Balaban J connectivity index is 1.67. The largest absolute Gasteiger partial charge is 0.386 e. The van der Waals surface area contributed by atoms with Crippen LogP contribution in [-0.4, -0.2) is 62.8 Å². The molecule has 136 valence electrons. The Morgan fingerprint density at radius 1 is 1.48 bits per heavy atom. The average molecular weight is 370 g/mol. The van der Waals surface area contributed by atoms with E-state index in [-0.39, 0.29) is 11.6 Å². The third kappa shape index (κ3) is 4.21. The lowest BCUT2D eigenvalue weighted by atomic mass is 10.2. The molecule has 0 aliphatic carbocycles. The summed E-state index contributed by atoms with van der Waals surface area (Å²) in [5, 5.41) is 18.0. The normalized spacial score (nSPS) is 16.6. The zero-order valence-electron chi connectivity index (χ0n) is 13.5. The first-order valence-electron chi connectivity index (χ1n) is 7.48. The molecule has 3 heterocycles. The summed E-state index contributed by atoms with van der Waals surface area (Å²) < 4.78 is 29.1. The van der Waals surface area contributed by atoms with E-state index in [1.807, 2.05) is 4.90 Å². The molecule has 2 aromatic rings. The predicted octanol–water partition coefficient (Wildman–Crippen LogP) is -1.54. The number of sulfone groups is 1. The molecule has 0 saturated carbocycles. The maximum atomic E-state index is 11.3. The van der Waals surface area contributed by atoms with E-state index < -0.39 is 21.8 Å². The van der Waals surface area contributed by atoms with Crippen molar-refractivity contribution in [2.45, 2.75) is 25.7 Å². The molecular weight excluding hydrogens is 352 g/mol. The van der Waals surface area contributed by atoms with Gasteiger partial charge >= 0.3 is 11.8 Å². The zero-order chi connectivity index (χ0) is 18.2. The van der Waals surface area contributed by atoms with Gasteiger partial charge in [0.2, 0.25) is 0 Å². The van der Waals surface area contributed by atoms with E-state index in [1.54, 1.807) is 10.7 Å². The molecule has 0 spiro atoms. The second-order valence-electron chi connectivity index (χ2n) is 5.98. The van der Waals surface area contributed by atoms with Gasteiger partial charge in [-0.15, -0.1) is 0 Å². The number of primary amides is 1. The first-order chi connectivity index (χ1) is 11.7. The Morgan fingerprint density at radius 2 is 2.24 bits per heavy atom. The molecule has 0 saturated heterocycles. The molecule has 1 unspecified atom stereocenters. The van der Waals surface area contributed by atoms with Gasteiger partial charge in [-0.2, -0.15) is 10.1 Å². The van der Waals surface area contributed by atoms with Crippen molar-refractivity contribution in [1.82, 2.24) is 24.8 Å². The van der Waals surface area contributed by atoms with Crippen LogP contribution >= 0.6 is 0 Å². The van der Waals surface area contributed by atoms with Crippen LogP contribution in [0.15, 0.2) is 10.6 Å². The summed E-state index contributed by atoms with van der Waals surface area (Å²) in [7, 11) is -3.30. The average Bonchev–Trinajstić information content (AvgIpc) is 3.11. The van der Waals surface area contributed by atoms with Gasteiger partial charge < -0.3 is 15.4 Å². The molecule has 1 amide bonds. The first-order valence-corrected chi connectivity index (χ1v) is 9.54. The van der Waals surface area contributed by atoms with Crippen molar-refractivity contribution in [2.75, 3.05) is 18.6 Å². The van der Waals surface area contributed by atoms with Gasteiger partial charge in [-0.3, -0.25) is 14.4 Å². The number of nitrogens with zero attached hydrogens (tertiary/aromatic N) is 5. The lowest BCUT2D eigenvalue weighted by Gasteiger charge is -2.26. The Bertz CT molecular complexity index is 889. The minimum absolute atomic E-state index is 0.233. The Hall–Kier alpha value is -2.31. The number of hydrogen-bond donors (Lipinski definition) is 2. The number of fused-ring (bicyclic) bond motifs is 1. The fourth-order valence-electron chi connectivity index (χ4n) is 2.63. The topological polar surface area (TPSA) is 157 Å². The number of rotatable bonds is 6. The number of aromatic nitrogens is 4. The van der Waals surface area contributed by atoms with Crippen LogP contribution in [0.3, 0.4) is 0 Å². The fourth-order valence-corrected chi connectivity index (χ4v) is 3.38. The van der Waals surface area contributed by atoms with Gasteiger partial charge in [0.1, 0.15) is 15.9 Å². The van der Waals surface area contributed by atoms with Gasteiger partial charge in [0.05, 0.1) is 30.2 Å². The van der Waals surface area contributed by atoms with E-state index >= 15 is 0 Å². The third-order valence-electron chi connectivity index (χ3n) is 3.74. The summed E-state index contributed by atoms with van der Waals surface area (Å²) in [5.74, 6) is -1.03. The van der Waals surface area contributed by atoms with Crippen molar-refractivity contribution in [3.63, 3.8) is 0 Å². The van der Waals surface area contributed by atoms with E-state index in [1.165, 1.54) is 0 Å². The molecule has 0 bridgehead atoms. The summed E-state index contributed by atoms with van der Waals surface area (Å²) >= 11 is 0. The third-order valence-corrected chi connectivity index (χ3v) is 4.66. The maximum absolute atomic E-state index is 11.3. The van der Waals surface area contributed by atoms with Crippen molar-refractivity contribution in [1.29, 1.82) is 0 Å². The second-order valence-corrected chi connectivity index (χ2v) is 8.17. The van der Waals surface area contributed by atoms with E-state index in [0.717, 1.165) is 11.9 Å². The smallest absolute Gasteiger partial charge is 0.315 e. The quantitative estimate of drug-likeness (QED) is 0.614. The number of carbonyl (C=O) groups is 1. The number of amides is 1. The van der Waals surface area contributed by atoms with Crippen molar-refractivity contribution in [3.05, 3.63) is 29.2 Å². The second kappa shape index (κ2) is 6.54. The molecular formula is C13H18N6O5S. The number of hydrogen-bond acceptors (Lipinski definition) is 9. The van der Waals surface area contributed by atoms with Crippen LogP contribution in [0.4, 0.5) is 0 Å². The van der Waals surface area contributed by atoms with E-state index in [0.29, 0.717) is 37.7 Å². The van der Waals surface area contributed by atoms with Crippen LogP contribution in [0.2, 0.25) is 0 Å². The van der Waals surface area contributed by atoms with E-state index in [2.05, 4.69) is 15.2 Å². The van der Waals surface area contributed by atoms with Crippen molar-refractivity contribution < 1.29 is 22.8 Å². The van der Waals surface area contributed by atoms with Crippen molar-refractivity contribution in [2.24, 2.45) is 5.73 Å². The van der Waals surface area contributed by atoms with Crippen LogP contribution in [0, 0.1) is 0 Å².